The topological polar surface area (TPSA) is 88.9 Å². The summed E-state index contributed by atoms with van der Waals surface area (Å²) in [5.41, 5.74) is 2.90. The Balaban J connectivity index is 2.58. The third kappa shape index (κ3) is 7.02. The van der Waals surface area contributed by atoms with Gasteiger partial charge < -0.3 is 20.3 Å². The smallest absolute Gasteiger partial charge is 0.328 e. The first-order valence-corrected chi connectivity index (χ1v) is 9.24. The van der Waals surface area contributed by atoms with E-state index in [0.29, 0.717) is 0 Å². The third-order valence-electron chi connectivity index (χ3n) is 4.79. The molecule has 0 aliphatic heterocycles. The number of carbonyl (C=O) groups excluding carboxylic acids is 3. The monoisotopic (exact) mass is 378 g/mol. The molecule has 0 radical (unpaired) electrons. The Morgan fingerprint density at radius 1 is 1.15 bits per heavy atom. The summed E-state index contributed by atoms with van der Waals surface area (Å²) >= 11 is 0. The fourth-order valence-electron chi connectivity index (χ4n) is 2.71. The number of carbonyl (C=O) groups is 3. The first kappa shape index (κ1) is 22.6. The largest absolute Gasteiger partial charge is 0.467 e. The van der Waals surface area contributed by atoms with Crippen LogP contribution >= 0.6 is 0 Å². The average molecular weight is 378 g/mol. The van der Waals surface area contributed by atoms with Crippen molar-refractivity contribution in [2.24, 2.45) is 5.92 Å². The van der Waals surface area contributed by atoms with Gasteiger partial charge in [0.25, 0.3) is 11.8 Å². The number of esters is 1. The Bertz CT molecular complexity index is 675. The fraction of sp³-hybridized carbons (Fsp3) is 0.550. The second kappa shape index (κ2) is 10.7. The summed E-state index contributed by atoms with van der Waals surface area (Å²) in [5, 5.41) is 5.61. The summed E-state index contributed by atoms with van der Waals surface area (Å²) in [5.74, 6) is -0.944. The molecule has 0 aromatic heterocycles. The van der Waals surface area contributed by atoms with Gasteiger partial charge in [-0.05, 0) is 37.0 Å². The SMILES string of the molecule is CC[C@H](C)[C@@H](NC(=O)C[NH+](C)CC(=O)Nc1cccc(C)c1C)C(=O)OC. The van der Waals surface area contributed by atoms with E-state index >= 15 is 0 Å². The van der Waals surface area contributed by atoms with Crippen molar-refractivity contribution >= 4 is 23.5 Å². The molecule has 0 aliphatic rings. The highest BCUT2D eigenvalue weighted by atomic mass is 16.5. The van der Waals surface area contributed by atoms with E-state index in [1.165, 1.54) is 7.11 Å². The summed E-state index contributed by atoms with van der Waals surface area (Å²) < 4.78 is 4.77. The maximum Gasteiger partial charge on any atom is 0.328 e. The highest BCUT2D eigenvalue weighted by molar-refractivity contribution is 5.92. The van der Waals surface area contributed by atoms with Crippen LogP contribution in [-0.2, 0) is 19.1 Å². The number of amides is 2. The molecule has 0 fully saturated rings. The van der Waals surface area contributed by atoms with Gasteiger partial charge in [0.2, 0.25) is 0 Å². The van der Waals surface area contributed by atoms with Crippen LogP contribution in [0.1, 0.15) is 31.4 Å². The van der Waals surface area contributed by atoms with Crippen molar-refractivity contribution in [1.29, 1.82) is 0 Å². The number of methoxy groups -OCH3 is 1. The third-order valence-corrected chi connectivity index (χ3v) is 4.79. The molecule has 3 N–H and O–H groups in total. The predicted octanol–water partition coefficient (Wildman–Crippen LogP) is 0.461. The van der Waals surface area contributed by atoms with Gasteiger partial charge in [0.05, 0.1) is 14.2 Å². The number of hydrogen-bond acceptors (Lipinski definition) is 4. The van der Waals surface area contributed by atoms with Gasteiger partial charge >= 0.3 is 5.97 Å². The highest BCUT2D eigenvalue weighted by Gasteiger charge is 2.27. The van der Waals surface area contributed by atoms with Crippen LogP contribution in [0, 0.1) is 19.8 Å². The molecule has 150 valence electrons. The Morgan fingerprint density at radius 2 is 1.78 bits per heavy atom. The Labute approximate surface area is 161 Å². The van der Waals surface area contributed by atoms with Crippen LogP contribution in [0.2, 0.25) is 0 Å². The van der Waals surface area contributed by atoms with E-state index in [4.69, 9.17) is 4.74 Å². The summed E-state index contributed by atoms with van der Waals surface area (Å²) in [7, 11) is 3.07. The number of anilines is 1. The minimum absolute atomic E-state index is 0.0331. The molecule has 7 heteroatoms. The first-order valence-electron chi connectivity index (χ1n) is 9.24. The molecular formula is C20H32N3O4+. The number of benzene rings is 1. The van der Waals surface area contributed by atoms with Crippen LogP contribution in [-0.4, -0.2) is 51.1 Å². The van der Waals surface area contributed by atoms with E-state index in [1.54, 1.807) is 7.05 Å². The van der Waals surface area contributed by atoms with Gasteiger partial charge in [0.15, 0.2) is 13.1 Å². The summed E-state index contributed by atoms with van der Waals surface area (Å²) in [6, 6.07) is 5.06. The lowest BCUT2D eigenvalue weighted by atomic mass is 9.99. The molecule has 1 aromatic rings. The minimum Gasteiger partial charge on any atom is -0.467 e. The zero-order valence-electron chi connectivity index (χ0n) is 17.1. The van der Waals surface area contributed by atoms with E-state index in [9.17, 15) is 14.4 Å². The van der Waals surface area contributed by atoms with E-state index < -0.39 is 12.0 Å². The van der Waals surface area contributed by atoms with Crippen molar-refractivity contribution in [3.63, 3.8) is 0 Å². The predicted molar refractivity (Wildman–Crippen MR) is 105 cm³/mol. The Hall–Kier alpha value is -2.41. The van der Waals surface area contributed by atoms with E-state index in [-0.39, 0.29) is 30.8 Å². The highest BCUT2D eigenvalue weighted by Crippen LogP contribution is 2.17. The van der Waals surface area contributed by atoms with Gasteiger partial charge in [-0.2, -0.15) is 0 Å². The van der Waals surface area contributed by atoms with E-state index in [0.717, 1.165) is 28.1 Å². The second-order valence-corrected chi connectivity index (χ2v) is 7.06. The lowest BCUT2D eigenvalue weighted by Gasteiger charge is -2.22. The number of quaternary nitrogens is 1. The standard InChI is InChI=1S/C20H31N3O4/c1-7-13(2)19(20(26)27-6)22-18(25)12-23(5)11-17(24)21-16-10-8-9-14(3)15(16)4/h8-10,13,19H,7,11-12H2,1-6H3,(H,21,24)(H,22,25)/p+1/t13-,19+/m0/s1. The van der Waals surface area contributed by atoms with Crippen molar-refractivity contribution in [3.05, 3.63) is 29.3 Å². The average Bonchev–Trinajstić information content (AvgIpc) is 2.61. The molecule has 3 atom stereocenters. The van der Waals surface area contributed by atoms with Crippen molar-refractivity contribution in [2.45, 2.75) is 40.2 Å². The minimum atomic E-state index is -0.677. The lowest BCUT2D eigenvalue weighted by Crippen LogP contribution is -3.11. The van der Waals surface area contributed by atoms with Crippen LogP contribution in [0.5, 0.6) is 0 Å². The molecule has 1 rings (SSSR count). The molecular weight excluding hydrogens is 346 g/mol. The van der Waals surface area contributed by atoms with Crippen LogP contribution < -0.4 is 15.5 Å². The molecule has 0 spiro atoms. The molecule has 1 unspecified atom stereocenters. The summed E-state index contributed by atoms with van der Waals surface area (Å²) in [6.45, 7) is 8.01. The lowest BCUT2D eigenvalue weighted by molar-refractivity contribution is -0.862. The van der Waals surface area contributed by atoms with Crippen molar-refractivity contribution in [3.8, 4) is 0 Å². The van der Waals surface area contributed by atoms with Crippen molar-refractivity contribution in [1.82, 2.24) is 5.32 Å². The second-order valence-electron chi connectivity index (χ2n) is 7.06. The maximum atomic E-state index is 12.3. The zero-order valence-corrected chi connectivity index (χ0v) is 17.1. The molecule has 1 aromatic carbocycles. The van der Waals surface area contributed by atoms with Crippen LogP contribution in [0.3, 0.4) is 0 Å². The quantitative estimate of drug-likeness (QED) is 0.545. The summed E-state index contributed by atoms with van der Waals surface area (Å²) in [4.78, 5) is 37.1. The number of likely N-dealkylation sites (N-methyl/N-ethyl adjacent to an activating group) is 1. The van der Waals surface area contributed by atoms with Crippen LogP contribution in [0.15, 0.2) is 18.2 Å². The van der Waals surface area contributed by atoms with Crippen molar-refractivity contribution < 1.29 is 24.0 Å². The van der Waals surface area contributed by atoms with Gasteiger partial charge in [-0.1, -0.05) is 32.4 Å². The van der Waals surface area contributed by atoms with E-state index in [1.807, 2.05) is 45.9 Å². The van der Waals surface area contributed by atoms with Gasteiger partial charge in [-0.25, -0.2) is 4.79 Å². The van der Waals surface area contributed by atoms with E-state index in [2.05, 4.69) is 10.6 Å². The number of nitrogens with one attached hydrogen (secondary N) is 3. The molecule has 0 heterocycles. The number of ether oxygens (including phenoxy) is 1. The molecule has 0 aliphatic carbocycles. The molecule has 0 bridgehead atoms. The zero-order chi connectivity index (χ0) is 20.6. The van der Waals surface area contributed by atoms with Gasteiger partial charge in [-0.3, -0.25) is 9.59 Å². The van der Waals surface area contributed by atoms with Crippen LogP contribution in [0.25, 0.3) is 0 Å². The van der Waals surface area contributed by atoms with Crippen molar-refractivity contribution in [2.75, 3.05) is 32.6 Å². The number of rotatable bonds is 9. The van der Waals surface area contributed by atoms with Gasteiger partial charge in [-0.15, -0.1) is 0 Å². The van der Waals surface area contributed by atoms with Gasteiger partial charge in [0.1, 0.15) is 6.04 Å². The molecule has 7 nitrogen and oxygen atoms in total. The molecule has 0 saturated heterocycles. The molecule has 27 heavy (non-hydrogen) atoms. The Morgan fingerprint density at radius 3 is 2.37 bits per heavy atom. The number of hydrogen-bond donors (Lipinski definition) is 3. The molecule has 0 saturated carbocycles. The first-order chi connectivity index (χ1) is 12.7. The Kier molecular flexibility index (Phi) is 8.94. The normalized spacial score (nSPS) is 14.0. The number of aryl methyl sites for hydroxylation is 1. The summed E-state index contributed by atoms with van der Waals surface area (Å²) in [6.07, 6.45) is 0.737. The van der Waals surface area contributed by atoms with Gasteiger partial charge in [0, 0.05) is 5.69 Å². The maximum absolute atomic E-state index is 12.3. The van der Waals surface area contributed by atoms with Crippen LogP contribution in [0.4, 0.5) is 5.69 Å². The molecule has 2 amide bonds. The fourth-order valence-corrected chi connectivity index (χ4v) is 2.71.